The fraction of sp³-hybridized carbons (Fsp3) is 0.417. The lowest BCUT2D eigenvalue weighted by Crippen LogP contribution is -2.46. The zero-order chi connectivity index (χ0) is 22.9. The van der Waals surface area contributed by atoms with Crippen molar-refractivity contribution in [2.24, 2.45) is 0 Å². The third-order valence-corrected chi connectivity index (χ3v) is 6.31. The molecule has 8 nitrogen and oxygen atoms in total. The second-order valence-electron chi connectivity index (χ2n) is 8.71. The van der Waals surface area contributed by atoms with Crippen LogP contribution in [0, 0.1) is 0 Å². The highest BCUT2D eigenvalue weighted by Gasteiger charge is 2.39. The molecule has 9 heteroatoms. The van der Waals surface area contributed by atoms with Gasteiger partial charge in [0.2, 0.25) is 0 Å². The van der Waals surface area contributed by atoms with E-state index in [0.717, 1.165) is 55.0 Å². The zero-order valence-corrected chi connectivity index (χ0v) is 18.6. The van der Waals surface area contributed by atoms with Crippen molar-refractivity contribution in [2.45, 2.75) is 38.5 Å². The first-order valence-electron chi connectivity index (χ1n) is 11.4. The van der Waals surface area contributed by atoms with Gasteiger partial charge in [0.25, 0.3) is 11.5 Å². The molecule has 1 saturated carbocycles. The van der Waals surface area contributed by atoms with E-state index < -0.39 is 6.17 Å². The zero-order valence-electron chi connectivity index (χ0n) is 18.6. The molecule has 1 aliphatic carbocycles. The monoisotopic (exact) mass is 450 g/mol. The van der Waals surface area contributed by atoms with E-state index in [1.54, 1.807) is 12.3 Å². The molecule has 3 aromatic rings. The summed E-state index contributed by atoms with van der Waals surface area (Å²) in [5.41, 5.74) is 4.45. The van der Waals surface area contributed by atoms with Crippen molar-refractivity contribution >= 4 is 22.6 Å². The molecule has 1 aromatic carbocycles. The second kappa shape index (κ2) is 8.90. The molecule has 1 aliphatic heterocycles. The summed E-state index contributed by atoms with van der Waals surface area (Å²) in [6.07, 6.45) is 1.79. The van der Waals surface area contributed by atoms with Crippen molar-refractivity contribution in [2.75, 3.05) is 31.1 Å². The van der Waals surface area contributed by atoms with Crippen molar-refractivity contribution in [3.05, 3.63) is 63.8 Å². The van der Waals surface area contributed by atoms with Crippen LogP contribution in [0.25, 0.3) is 11.0 Å². The van der Waals surface area contributed by atoms with Crippen LogP contribution in [0.3, 0.4) is 0 Å². The van der Waals surface area contributed by atoms with Gasteiger partial charge in [0.05, 0.1) is 29.0 Å². The number of anilines is 1. The molecule has 0 spiro atoms. The molecule has 2 aromatic heterocycles. The van der Waals surface area contributed by atoms with Gasteiger partial charge in [-0.1, -0.05) is 13.0 Å². The number of halogens is 1. The summed E-state index contributed by atoms with van der Waals surface area (Å²) in [7, 11) is 0. The number of piperazine rings is 1. The number of nitrogens with zero attached hydrogens (tertiary/aromatic N) is 4. The largest absolute Gasteiger partial charge is 0.368 e. The van der Waals surface area contributed by atoms with Gasteiger partial charge in [-0.25, -0.2) is 14.4 Å². The minimum Gasteiger partial charge on any atom is -0.368 e. The number of fused-ring (bicyclic) bond motifs is 1. The number of rotatable bonds is 6. The maximum atomic E-state index is 13.0. The predicted octanol–water partition coefficient (Wildman–Crippen LogP) is 2.04. The lowest BCUT2D eigenvalue weighted by atomic mass is 10.1. The highest BCUT2D eigenvalue weighted by molar-refractivity contribution is 5.93. The van der Waals surface area contributed by atoms with E-state index >= 15 is 0 Å². The summed E-state index contributed by atoms with van der Waals surface area (Å²) in [4.78, 5) is 40.5. The standard InChI is InChI=1S/C24H27FN6O2/c1-2-18-23(32)29-22-11-15(3-5-19(22)27-18)14-30-7-9-31(10-8-30)16-4-6-20(26-13-16)24(33)28-21-12-17(21)25/h3-6,11,13,17,21H,2,7-10,12,14H2,1H3,(H,28,33)(H,29,32). The first-order chi connectivity index (χ1) is 16.0. The normalized spacial score (nSPS) is 20.7. The number of pyridine rings is 1. The highest BCUT2D eigenvalue weighted by Crippen LogP contribution is 2.25. The fourth-order valence-electron chi connectivity index (χ4n) is 4.19. The average molecular weight is 451 g/mol. The molecular formula is C24H27FN6O2. The summed E-state index contributed by atoms with van der Waals surface area (Å²) in [5, 5.41) is 2.65. The molecule has 0 radical (unpaired) electrons. The van der Waals surface area contributed by atoms with Crippen LogP contribution in [-0.2, 0) is 13.0 Å². The van der Waals surface area contributed by atoms with Gasteiger partial charge in [0, 0.05) is 39.1 Å². The number of aromatic nitrogens is 3. The number of amides is 1. The third-order valence-electron chi connectivity index (χ3n) is 6.31. The number of hydrogen-bond donors (Lipinski definition) is 2. The smallest absolute Gasteiger partial charge is 0.270 e. The lowest BCUT2D eigenvalue weighted by molar-refractivity contribution is 0.0942. The predicted molar refractivity (Wildman–Crippen MR) is 124 cm³/mol. The Morgan fingerprint density at radius 2 is 2.00 bits per heavy atom. The third kappa shape index (κ3) is 4.73. The molecule has 1 saturated heterocycles. The number of aromatic amines is 1. The lowest BCUT2D eigenvalue weighted by Gasteiger charge is -2.36. The van der Waals surface area contributed by atoms with E-state index in [0.29, 0.717) is 24.2 Å². The number of hydrogen-bond acceptors (Lipinski definition) is 6. The van der Waals surface area contributed by atoms with E-state index in [1.807, 2.05) is 25.1 Å². The number of carbonyl (C=O) groups is 1. The Kier molecular flexibility index (Phi) is 5.80. The molecule has 2 atom stereocenters. The Bertz CT molecular complexity index is 1220. The van der Waals surface area contributed by atoms with Crippen LogP contribution in [0.15, 0.2) is 41.3 Å². The molecule has 3 heterocycles. The molecule has 1 amide bonds. The molecule has 2 fully saturated rings. The van der Waals surface area contributed by atoms with Gasteiger partial charge in [0.15, 0.2) is 0 Å². The number of carbonyl (C=O) groups excluding carboxylic acids is 1. The van der Waals surface area contributed by atoms with Crippen LogP contribution in [-0.4, -0.2) is 64.2 Å². The first-order valence-corrected chi connectivity index (χ1v) is 11.4. The van der Waals surface area contributed by atoms with Crippen LogP contribution in [0.1, 0.15) is 35.1 Å². The number of nitrogens with one attached hydrogen (secondary N) is 2. The molecule has 0 bridgehead atoms. The van der Waals surface area contributed by atoms with Gasteiger partial charge in [-0.2, -0.15) is 0 Å². The molecular weight excluding hydrogens is 423 g/mol. The van der Waals surface area contributed by atoms with Gasteiger partial charge in [-0.05, 0) is 36.2 Å². The van der Waals surface area contributed by atoms with Crippen molar-refractivity contribution in [1.82, 2.24) is 25.2 Å². The number of benzene rings is 1. The maximum absolute atomic E-state index is 13.0. The topological polar surface area (TPSA) is 94.2 Å². The Morgan fingerprint density at radius 1 is 1.21 bits per heavy atom. The first kappa shape index (κ1) is 21.5. The van der Waals surface area contributed by atoms with E-state index in [9.17, 15) is 14.0 Å². The number of aryl methyl sites for hydroxylation is 1. The SMILES string of the molecule is CCc1nc2ccc(CN3CCN(c4ccc(C(=O)NC5CC5F)nc4)CC3)cc2[nH]c1=O. The van der Waals surface area contributed by atoms with Crippen LogP contribution in [0.5, 0.6) is 0 Å². The Balaban J connectivity index is 1.17. The highest BCUT2D eigenvalue weighted by atomic mass is 19.1. The molecule has 2 N–H and O–H groups in total. The molecule has 33 heavy (non-hydrogen) atoms. The number of H-pyrrole nitrogens is 1. The van der Waals surface area contributed by atoms with Crippen molar-refractivity contribution in [1.29, 1.82) is 0 Å². The van der Waals surface area contributed by atoms with Crippen molar-refractivity contribution in [3.8, 4) is 0 Å². The fourth-order valence-corrected chi connectivity index (χ4v) is 4.19. The van der Waals surface area contributed by atoms with E-state index in [1.165, 1.54) is 0 Å². The van der Waals surface area contributed by atoms with E-state index in [4.69, 9.17) is 0 Å². The van der Waals surface area contributed by atoms with Crippen LogP contribution >= 0.6 is 0 Å². The Labute approximate surface area is 190 Å². The Morgan fingerprint density at radius 3 is 2.67 bits per heavy atom. The Hall–Kier alpha value is -3.33. The van der Waals surface area contributed by atoms with Gasteiger partial charge in [0.1, 0.15) is 17.6 Å². The van der Waals surface area contributed by atoms with Crippen LogP contribution in [0.4, 0.5) is 10.1 Å². The van der Waals surface area contributed by atoms with Crippen LogP contribution in [0.2, 0.25) is 0 Å². The number of alkyl halides is 1. The van der Waals surface area contributed by atoms with Gasteiger partial charge in [-0.3, -0.25) is 14.5 Å². The van der Waals surface area contributed by atoms with Crippen molar-refractivity contribution in [3.63, 3.8) is 0 Å². The van der Waals surface area contributed by atoms with E-state index in [2.05, 4.69) is 36.1 Å². The minimum atomic E-state index is -0.924. The average Bonchev–Trinajstić information content (AvgIpc) is 3.53. The summed E-state index contributed by atoms with van der Waals surface area (Å²) in [6.45, 7) is 6.22. The maximum Gasteiger partial charge on any atom is 0.270 e. The summed E-state index contributed by atoms with van der Waals surface area (Å²) in [5.74, 6) is -0.325. The van der Waals surface area contributed by atoms with Crippen LogP contribution < -0.4 is 15.8 Å². The molecule has 2 aliphatic rings. The summed E-state index contributed by atoms with van der Waals surface area (Å²) < 4.78 is 13.0. The van der Waals surface area contributed by atoms with Gasteiger partial charge < -0.3 is 15.2 Å². The minimum absolute atomic E-state index is 0.118. The van der Waals surface area contributed by atoms with E-state index in [-0.39, 0.29) is 17.5 Å². The molecule has 2 unspecified atom stereocenters. The second-order valence-corrected chi connectivity index (χ2v) is 8.71. The van der Waals surface area contributed by atoms with Gasteiger partial charge >= 0.3 is 0 Å². The quantitative estimate of drug-likeness (QED) is 0.597. The molecule has 172 valence electrons. The molecule has 5 rings (SSSR count). The van der Waals surface area contributed by atoms with Crippen molar-refractivity contribution < 1.29 is 9.18 Å². The summed E-state index contributed by atoms with van der Waals surface area (Å²) in [6, 6.07) is 9.28. The summed E-state index contributed by atoms with van der Waals surface area (Å²) >= 11 is 0. The van der Waals surface area contributed by atoms with Gasteiger partial charge in [-0.15, -0.1) is 0 Å².